The standard InChI is InChI=1S/C20H20ClN3O6S2/c1-29-16-6-4-13(10-17(16)30-2)32(27,28)23-11-18(25)24-15-5-3-12(21)9-14(15)19(26)20-22-7-8-31-20/h3-10,19,23,26H,11H2,1-2H3,(H,24,25). The van der Waals surface area contributed by atoms with Crippen LogP contribution < -0.4 is 19.5 Å². The molecule has 3 aromatic rings. The van der Waals surface area contributed by atoms with Gasteiger partial charge in [-0.3, -0.25) is 4.79 Å². The van der Waals surface area contributed by atoms with Gasteiger partial charge in [-0.2, -0.15) is 0 Å². The van der Waals surface area contributed by atoms with Gasteiger partial charge < -0.3 is 19.9 Å². The van der Waals surface area contributed by atoms with Crippen molar-refractivity contribution < 1.29 is 27.8 Å². The van der Waals surface area contributed by atoms with Gasteiger partial charge in [-0.15, -0.1) is 11.3 Å². The summed E-state index contributed by atoms with van der Waals surface area (Å²) >= 11 is 7.29. The molecule has 1 atom stereocenters. The molecule has 1 unspecified atom stereocenters. The van der Waals surface area contributed by atoms with Crippen LogP contribution in [0.2, 0.25) is 5.02 Å². The number of aliphatic hydroxyl groups is 1. The zero-order chi connectivity index (χ0) is 23.3. The van der Waals surface area contributed by atoms with Crippen molar-refractivity contribution in [3.05, 3.63) is 63.6 Å². The highest BCUT2D eigenvalue weighted by molar-refractivity contribution is 7.89. The summed E-state index contributed by atoms with van der Waals surface area (Å²) in [5, 5.41) is 15.7. The van der Waals surface area contributed by atoms with Gasteiger partial charge in [0.25, 0.3) is 0 Å². The van der Waals surface area contributed by atoms with Crippen molar-refractivity contribution in [2.75, 3.05) is 26.1 Å². The van der Waals surface area contributed by atoms with Crippen LogP contribution in [0.15, 0.2) is 52.9 Å². The lowest BCUT2D eigenvalue weighted by atomic mass is 10.1. The Kier molecular flexibility index (Phi) is 7.69. The van der Waals surface area contributed by atoms with E-state index in [2.05, 4.69) is 15.0 Å². The van der Waals surface area contributed by atoms with Gasteiger partial charge in [-0.25, -0.2) is 18.1 Å². The topological polar surface area (TPSA) is 127 Å². The molecule has 1 aromatic heterocycles. The maximum atomic E-state index is 12.6. The number of nitrogens with zero attached hydrogens (tertiary/aromatic N) is 1. The predicted molar refractivity (Wildman–Crippen MR) is 121 cm³/mol. The second kappa shape index (κ2) is 10.3. The number of nitrogens with one attached hydrogen (secondary N) is 2. The zero-order valence-electron chi connectivity index (χ0n) is 17.0. The number of anilines is 1. The quantitative estimate of drug-likeness (QED) is 0.415. The first-order chi connectivity index (χ1) is 15.2. The molecule has 2 aromatic carbocycles. The lowest BCUT2D eigenvalue weighted by Gasteiger charge is -2.16. The highest BCUT2D eigenvalue weighted by atomic mass is 35.5. The van der Waals surface area contributed by atoms with E-state index in [-0.39, 0.29) is 16.3 Å². The number of hydrogen-bond donors (Lipinski definition) is 3. The molecule has 0 bridgehead atoms. The molecular formula is C20H20ClN3O6S2. The van der Waals surface area contributed by atoms with Crippen molar-refractivity contribution in [2.45, 2.75) is 11.0 Å². The number of carbonyl (C=O) groups is 1. The first kappa shape index (κ1) is 24.0. The molecule has 0 saturated heterocycles. The average Bonchev–Trinajstić information content (AvgIpc) is 3.33. The minimum absolute atomic E-state index is 0.0886. The number of benzene rings is 2. The monoisotopic (exact) mass is 497 g/mol. The Balaban J connectivity index is 1.73. The fourth-order valence-electron chi connectivity index (χ4n) is 2.80. The van der Waals surface area contributed by atoms with Gasteiger partial charge in [0.1, 0.15) is 11.1 Å². The smallest absolute Gasteiger partial charge is 0.241 e. The summed E-state index contributed by atoms with van der Waals surface area (Å²) in [6.45, 7) is -0.536. The van der Waals surface area contributed by atoms with Crippen LogP contribution in [0, 0.1) is 0 Å². The molecule has 0 aliphatic rings. The molecule has 0 spiro atoms. The van der Waals surface area contributed by atoms with Crippen LogP contribution in [0.4, 0.5) is 5.69 Å². The maximum absolute atomic E-state index is 12.6. The number of hydrogen-bond acceptors (Lipinski definition) is 8. The van der Waals surface area contributed by atoms with Gasteiger partial charge >= 0.3 is 0 Å². The van der Waals surface area contributed by atoms with Gasteiger partial charge in [0.2, 0.25) is 15.9 Å². The van der Waals surface area contributed by atoms with E-state index in [1.165, 1.54) is 55.9 Å². The van der Waals surface area contributed by atoms with Crippen molar-refractivity contribution in [1.29, 1.82) is 0 Å². The van der Waals surface area contributed by atoms with Crippen LogP contribution in [0.1, 0.15) is 16.7 Å². The van der Waals surface area contributed by atoms with Crippen molar-refractivity contribution in [3.8, 4) is 11.5 Å². The summed E-state index contributed by atoms with van der Waals surface area (Å²) in [6, 6.07) is 8.66. The fourth-order valence-corrected chi connectivity index (χ4v) is 4.61. The minimum Gasteiger partial charge on any atom is -0.493 e. The molecule has 3 N–H and O–H groups in total. The van der Waals surface area contributed by atoms with Gasteiger partial charge in [0, 0.05) is 33.9 Å². The molecule has 0 aliphatic heterocycles. The van der Waals surface area contributed by atoms with E-state index in [0.717, 1.165) is 0 Å². The Morgan fingerprint density at radius 3 is 2.59 bits per heavy atom. The van der Waals surface area contributed by atoms with Crippen LogP contribution in [-0.4, -0.2) is 45.2 Å². The summed E-state index contributed by atoms with van der Waals surface area (Å²) < 4.78 is 37.6. The zero-order valence-corrected chi connectivity index (χ0v) is 19.4. The fraction of sp³-hybridized carbons (Fsp3) is 0.200. The minimum atomic E-state index is -4.00. The molecule has 1 heterocycles. The Labute approximate surface area is 194 Å². The van der Waals surface area contributed by atoms with Gasteiger partial charge in [-0.05, 0) is 30.3 Å². The number of methoxy groups -OCH3 is 2. The number of rotatable bonds is 9. The lowest BCUT2D eigenvalue weighted by molar-refractivity contribution is -0.115. The summed E-state index contributed by atoms with van der Waals surface area (Å²) in [6.07, 6.45) is 0.446. The predicted octanol–water partition coefficient (Wildman–Crippen LogP) is 2.81. The van der Waals surface area contributed by atoms with Crippen molar-refractivity contribution >= 4 is 44.6 Å². The van der Waals surface area contributed by atoms with Crippen LogP contribution >= 0.6 is 22.9 Å². The number of aliphatic hydroxyl groups excluding tert-OH is 1. The molecule has 3 rings (SSSR count). The Hall–Kier alpha value is -2.70. The molecule has 170 valence electrons. The number of ether oxygens (including phenoxy) is 2. The highest BCUT2D eigenvalue weighted by Gasteiger charge is 2.21. The van der Waals surface area contributed by atoms with E-state index in [4.69, 9.17) is 21.1 Å². The normalized spacial score (nSPS) is 12.2. The first-order valence-electron chi connectivity index (χ1n) is 9.13. The Bertz CT molecular complexity index is 1200. The van der Waals surface area contributed by atoms with Crippen LogP contribution in [0.3, 0.4) is 0 Å². The largest absolute Gasteiger partial charge is 0.493 e. The summed E-state index contributed by atoms with van der Waals surface area (Å²) in [4.78, 5) is 16.4. The Morgan fingerprint density at radius 2 is 1.94 bits per heavy atom. The summed E-state index contributed by atoms with van der Waals surface area (Å²) in [5.41, 5.74) is 0.621. The molecule has 0 saturated carbocycles. The van der Waals surface area contributed by atoms with E-state index >= 15 is 0 Å². The molecule has 0 radical (unpaired) electrons. The number of halogens is 1. The average molecular weight is 498 g/mol. The van der Waals surface area contributed by atoms with E-state index in [0.29, 0.717) is 21.3 Å². The number of thiazole rings is 1. The van der Waals surface area contributed by atoms with Crippen LogP contribution in [0.5, 0.6) is 11.5 Å². The van der Waals surface area contributed by atoms with Crippen molar-refractivity contribution in [2.24, 2.45) is 0 Å². The second-order valence-electron chi connectivity index (χ2n) is 6.39. The van der Waals surface area contributed by atoms with E-state index < -0.39 is 28.6 Å². The van der Waals surface area contributed by atoms with E-state index in [1.807, 2.05) is 0 Å². The summed E-state index contributed by atoms with van der Waals surface area (Å²) in [7, 11) is -1.18. The van der Waals surface area contributed by atoms with Crippen molar-refractivity contribution in [1.82, 2.24) is 9.71 Å². The molecule has 0 fully saturated rings. The van der Waals surface area contributed by atoms with Crippen LogP contribution in [-0.2, 0) is 14.8 Å². The maximum Gasteiger partial charge on any atom is 0.241 e. The number of amides is 1. The molecule has 0 aliphatic carbocycles. The van der Waals surface area contributed by atoms with E-state index in [9.17, 15) is 18.3 Å². The number of sulfonamides is 1. The van der Waals surface area contributed by atoms with Gasteiger partial charge in [-0.1, -0.05) is 11.6 Å². The third-order valence-electron chi connectivity index (χ3n) is 4.36. The molecule has 32 heavy (non-hydrogen) atoms. The third-order valence-corrected chi connectivity index (χ3v) is 6.82. The van der Waals surface area contributed by atoms with E-state index in [1.54, 1.807) is 17.6 Å². The third kappa shape index (κ3) is 5.56. The number of aromatic nitrogens is 1. The van der Waals surface area contributed by atoms with Crippen molar-refractivity contribution in [3.63, 3.8) is 0 Å². The second-order valence-corrected chi connectivity index (χ2v) is 9.52. The van der Waals surface area contributed by atoms with Crippen LogP contribution in [0.25, 0.3) is 0 Å². The molecule has 9 nitrogen and oxygen atoms in total. The summed E-state index contributed by atoms with van der Waals surface area (Å²) in [5.74, 6) is -0.0241. The number of carbonyl (C=O) groups excluding carboxylic acids is 1. The van der Waals surface area contributed by atoms with Gasteiger partial charge in [0.15, 0.2) is 11.5 Å². The Morgan fingerprint density at radius 1 is 1.19 bits per heavy atom. The van der Waals surface area contributed by atoms with Gasteiger partial charge in [0.05, 0.1) is 25.7 Å². The molecule has 1 amide bonds. The first-order valence-corrected chi connectivity index (χ1v) is 11.9. The lowest BCUT2D eigenvalue weighted by Crippen LogP contribution is -2.33. The molecular weight excluding hydrogens is 478 g/mol. The SMILES string of the molecule is COc1ccc(S(=O)(=O)NCC(=O)Nc2ccc(Cl)cc2C(O)c2nccs2)cc1OC. The highest BCUT2D eigenvalue weighted by Crippen LogP contribution is 2.32. The molecule has 12 heteroatoms.